The van der Waals surface area contributed by atoms with Crippen molar-refractivity contribution in [2.45, 2.75) is 25.2 Å². The summed E-state index contributed by atoms with van der Waals surface area (Å²) < 4.78 is 44.3. The first-order valence-electron chi connectivity index (χ1n) is 8.51. The van der Waals surface area contributed by atoms with Crippen LogP contribution in [0.1, 0.15) is 16.1 Å². The lowest BCUT2D eigenvalue weighted by Gasteiger charge is -2.36. The van der Waals surface area contributed by atoms with Crippen molar-refractivity contribution in [2.24, 2.45) is 0 Å². The van der Waals surface area contributed by atoms with Crippen molar-refractivity contribution in [3.05, 3.63) is 40.0 Å². The molecule has 1 atom stereocenters. The lowest BCUT2D eigenvalue weighted by molar-refractivity contribution is -0.145. The van der Waals surface area contributed by atoms with E-state index in [0.717, 1.165) is 24.4 Å². The summed E-state index contributed by atoms with van der Waals surface area (Å²) in [7, 11) is 0. The molecule has 2 aliphatic heterocycles. The Morgan fingerprint density at radius 2 is 2.15 bits per heavy atom. The maximum Gasteiger partial charge on any atom is 0.433 e. The highest BCUT2D eigenvalue weighted by Gasteiger charge is 2.35. The van der Waals surface area contributed by atoms with Gasteiger partial charge in [-0.1, -0.05) is 0 Å². The van der Waals surface area contributed by atoms with Crippen LogP contribution in [-0.4, -0.2) is 53.1 Å². The Morgan fingerprint density at radius 3 is 2.96 bits per heavy atom. The number of aromatic nitrogens is 2. The molecular weight excluding hydrogens is 381 g/mol. The number of morpholine rings is 1. The van der Waals surface area contributed by atoms with E-state index >= 15 is 0 Å². The van der Waals surface area contributed by atoms with Gasteiger partial charge >= 0.3 is 6.18 Å². The van der Waals surface area contributed by atoms with E-state index in [4.69, 9.17) is 4.74 Å². The fourth-order valence-corrected chi connectivity index (χ4v) is 4.21. The van der Waals surface area contributed by atoms with Gasteiger partial charge in [0, 0.05) is 30.6 Å². The van der Waals surface area contributed by atoms with Crippen LogP contribution in [0.4, 0.5) is 19.0 Å². The van der Waals surface area contributed by atoms with Crippen LogP contribution in [0.15, 0.2) is 23.8 Å². The molecule has 2 aromatic rings. The Kier molecular flexibility index (Phi) is 4.77. The van der Waals surface area contributed by atoms with Crippen LogP contribution >= 0.6 is 11.3 Å². The zero-order valence-electron chi connectivity index (χ0n) is 14.3. The van der Waals surface area contributed by atoms with Gasteiger partial charge in [0.15, 0.2) is 6.10 Å². The summed E-state index contributed by atoms with van der Waals surface area (Å²) in [6.07, 6.45) is -3.54. The van der Waals surface area contributed by atoms with Gasteiger partial charge in [-0.3, -0.25) is 4.79 Å². The SMILES string of the molecule is O=C(C1CN(c2cc(C(F)(F)F)ncn2)CCO1)N1CCc2sccc2C1. The highest BCUT2D eigenvalue weighted by molar-refractivity contribution is 7.10. The molecule has 2 aliphatic rings. The van der Waals surface area contributed by atoms with Gasteiger partial charge in [-0.25, -0.2) is 9.97 Å². The molecule has 0 spiro atoms. The van der Waals surface area contributed by atoms with Gasteiger partial charge in [0.05, 0.1) is 13.2 Å². The van der Waals surface area contributed by atoms with Gasteiger partial charge in [0.2, 0.25) is 0 Å². The highest BCUT2D eigenvalue weighted by atomic mass is 32.1. The first-order chi connectivity index (χ1) is 12.9. The molecule has 1 amide bonds. The minimum atomic E-state index is -4.54. The Labute approximate surface area is 157 Å². The van der Waals surface area contributed by atoms with Crippen molar-refractivity contribution in [1.82, 2.24) is 14.9 Å². The largest absolute Gasteiger partial charge is 0.433 e. The lowest BCUT2D eigenvalue weighted by atomic mass is 10.1. The van der Waals surface area contributed by atoms with Crippen LogP contribution in [0.2, 0.25) is 0 Å². The number of amides is 1. The van der Waals surface area contributed by atoms with E-state index in [1.165, 1.54) is 4.88 Å². The molecule has 1 saturated heterocycles. The number of carbonyl (C=O) groups excluding carboxylic acids is 1. The summed E-state index contributed by atoms with van der Waals surface area (Å²) in [5.41, 5.74) is 0.153. The number of nitrogens with zero attached hydrogens (tertiary/aromatic N) is 4. The van der Waals surface area contributed by atoms with Gasteiger partial charge in [0.25, 0.3) is 5.91 Å². The Balaban J connectivity index is 1.46. The highest BCUT2D eigenvalue weighted by Crippen LogP contribution is 2.30. The number of alkyl halides is 3. The normalized spacial score (nSPS) is 20.5. The smallest absolute Gasteiger partial charge is 0.365 e. The second-order valence-electron chi connectivity index (χ2n) is 6.44. The maximum absolute atomic E-state index is 12.9. The molecule has 0 bridgehead atoms. The molecule has 0 N–H and O–H groups in total. The van der Waals surface area contributed by atoms with E-state index in [-0.39, 0.29) is 24.9 Å². The molecule has 1 unspecified atom stereocenters. The van der Waals surface area contributed by atoms with E-state index in [2.05, 4.69) is 9.97 Å². The number of thiophene rings is 1. The van der Waals surface area contributed by atoms with Crippen molar-refractivity contribution in [3.63, 3.8) is 0 Å². The van der Waals surface area contributed by atoms with Crippen LogP contribution in [0.5, 0.6) is 0 Å². The van der Waals surface area contributed by atoms with Gasteiger partial charge in [-0.2, -0.15) is 13.2 Å². The third-order valence-corrected chi connectivity index (χ3v) is 5.75. The second-order valence-corrected chi connectivity index (χ2v) is 7.44. The molecule has 6 nitrogen and oxygen atoms in total. The zero-order chi connectivity index (χ0) is 19.0. The molecule has 2 aromatic heterocycles. The summed E-state index contributed by atoms with van der Waals surface area (Å²) in [4.78, 5) is 24.8. The van der Waals surface area contributed by atoms with Crippen LogP contribution in [-0.2, 0) is 28.7 Å². The van der Waals surface area contributed by atoms with Crippen LogP contribution in [0.3, 0.4) is 0 Å². The van der Waals surface area contributed by atoms with Crippen molar-refractivity contribution >= 4 is 23.1 Å². The molecule has 0 aliphatic carbocycles. The van der Waals surface area contributed by atoms with E-state index in [1.54, 1.807) is 21.1 Å². The Bertz CT molecular complexity index is 842. The molecule has 10 heteroatoms. The summed E-state index contributed by atoms with van der Waals surface area (Å²) in [5, 5.41) is 2.02. The first kappa shape index (κ1) is 18.2. The predicted molar refractivity (Wildman–Crippen MR) is 92.4 cm³/mol. The summed E-state index contributed by atoms with van der Waals surface area (Å²) in [5.74, 6) is 0.0128. The monoisotopic (exact) mass is 398 g/mol. The number of halogens is 3. The molecule has 0 radical (unpaired) electrons. The molecule has 144 valence electrons. The summed E-state index contributed by atoms with van der Waals surface area (Å²) in [6.45, 7) is 1.95. The first-order valence-corrected chi connectivity index (χ1v) is 9.39. The third kappa shape index (κ3) is 3.77. The minimum absolute atomic E-state index is 0.137. The molecule has 27 heavy (non-hydrogen) atoms. The second kappa shape index (κ2) is 7.08. The number of carbonyl (C=O) groups is 1. The Hall–Kier alpha value is -2.20. The third-order valence-electron chi connectivity index (χ3n) is 4.73. The summed E-state index contributed by atoms with van der Waals surface area (Å²) in [6, 6.07) is 2.93. The van der Waals surface area contributed by atoms with Crippen molar-refractivity contribution < 1.29 is 22.7 Å². The number of ether oxygens (including phenoxy) is 1. The van der Waals surface area contributed by atoms with Gasteiger partial charge in [-0.15, -0.1) is 11.3 Å². The van der Waals surface area contributed by atoms with Crippen LogP contribution < -0.4 is 4.90 Å². The van der Waals surface area contributed by atoms with Crippen LogP contribution in [0, 0.1) is 0 Å². The van der Waals surface area contributed by atoms with Gasteiger partial charge in [0.1, 0.15) is 17.8 Å². The maximum atomic E-state index is 12.9. The number of hydrogen-bond donors (Lipinski definition) is 0. The topological polar surface area (TPSA) is 58.6 Å². The predicted octanol–water partition coefficient (Wildman–Crippen LogP) is 2.35. The van der Waals surface area contributed by atoms with Crippen molar-refractivity contribution in [3.8, 4) is 0 Å². The minimum Gasteiger partial charge on any atom is -0.365 e. The summed E-state index contributed by atoms with van der Waals surface area (Å²) >= 11 is 1.69. The van der Waals surface area contributed by atoms with E-state index in [1.807, 2.05) is 11.4 Å². The zero-order valence-corrected chi connectivity index (χ0v) is 15.1. The number of anilines is 1. The number of fused-ring (bicyclic) bond motifs is 1. The lowest BCUT2D eigenvalue weighted by Crippen LogP contribution is -2.52. The molecule has 4 heterocycles. The fraction of sp³-hybridized carbons (Fsp3) is 0.471. The standard InChI is InChI=1S/C17H17F3N4O2S/c18-17(19,20)14-7-15(22-10-21-14)23-4-5-26-12(9-23)16(25)24-3-1-13-11(8-24)2-6-27-13/h2,6-7,10,12H,1,3-5,8-9H2. The number of hydrogen-bond acceptors (Lipinski definition) is 6. The molecule has 0 saturated carbocycles. The fourth-order valence-electron chi connectivity index (χ4n) is 3.32. The van der Waals surface area contributed by atoms with Gasteiger partial charge in [-0.05, 0) is 23.4 Å². The van der Waals surface area contributed by atoms with E-state index < -0.39 is 18.0 Å². The molecule has 1 fully saturated rings. The van der Waals surface area contributed by atoms with E-state index in [0.29, 0.717) is 19.6 Å². The molecular formula is C17H17F3N4O2S. The molecule has 4 rings (SSSR count). The quantitative estimate of drug-likeness (QED) is 0.777. The van der Waals surface area contributed by atoms with Crippen molar-refractivity contribution in [2.75, 3.05) is 31.1 Å². The average molecular weight is 398 g/mol. The van der Waals surface area contributed by atoms with Gasteiger partial charge < -0.3 is 14.5 Å². The average Bonchev–Trinajstić information content (AvgIpc) is 3.15. The van der Waals surface area contributed by atoms with Crippen molar-refractivity contribution in [1.29, 1.82) is 0 Å². The van der Waals surface area contributed by atoms with E-state index in [9.17, 15) is 18.0 Å². The van der Waals surface area contributed by atoms with Crippen LogP contribution in [0.25, 0.3) is 0 Å². The Morgan fingerprint density at radius 1 is 1.30 bits per heavy atom. The molecule has 0 aromatic carbocycles. The number of rotatable bonds is 2.